The van der Waals surface area contributed by atoms with Gasteiger partial charge in [0.15, 0.2) is 0 Å². The lowest BCUT2D eigenvalue weighted by Gasteiger charge is -2.25. The fraction of sp³-hybridized carbons (Fsp3) is 0.400. The Kier molecular flexibility index (Phi) is 4.61. The van der Waals surface area contributed by atoms with Gasteiger partial charge in [-0.05, 0) is 31.5 Å². The predicted molar refractivity (Wildman–Crippen MR) is 85.5 cm³/mol. The number of nitrogens with zero attached hydrogens (tertiary/aromatic N) is 1. The third-order valence-corrected chi connectivity index (χ3v) is 4.01. The molecule has 0 spiro atoms. The van der Waals surface area contributed by atoms with Gasteiger partial charge >= 0.3 is 0 Å². The summed E-state index contributed by atoms with van der Waals surface area (Å²) in [6.45, 7) is 4.91. The highest BCUT2D eigenvalue weighted by Gasteiger charge is 2.21. The van der Waals surface area contributed by atoms with Gasteiger partial charge in [0.1, 0.15) is 0 Å². The first-order valence-electron chi connectivity index (χ1n) is 6.79. The lowest BCUT2D eigenvalue weighted by atomic mass is 10.1. The van der Waals surface area contributed by atoms with E-state index in [9.17, 15) is 8.42 Å². The highest BCUT2D eigenvalue weighted by Crippen LogP contribution is 2.16. The summed E-state index contributed by atoms with van der Waals surface area (Å²) in [5.41, 5.74) is 1.58. The van der Waals surface area contributed by atoms with Crippen LogP contribution in [-0.2, 0) is 16.6 Å². The molecule has 0 radical (unpaired) electrons. The molecule has 0 atom stereocenters. The minimum absolute atomic E-state index is 0.531. The Morgan fingerprint density at radius 1 is 1.19 bits per heavy atom. The minimum Gasteiger partial charge on any atom is -0.311 e. The number of benzene rings is 1. The first-order valence-corrected chi connectivity index (χ1v) is 8.68. The van der Waals surface area contributed by atoms with Crippen LogP contribution in [0.2, 0.25) is 0 Å². The maximum absolute atomic E-state index is 11.3. The van der Waals surface area contributed by atoms with Gasteiger partial charge in [-0.1, -0.05) is 18.2 Å². The van der Waals surface area contributed by atoms with Crippen molar-refractivity contribution in [3.8, 4) is 0 Å². The molecule has 0 aliphatic carbocycles. The van der Waals surface area contributed by atoms with Gasteiger partial charge in [-0.3, -0.25) is 4.98 Å². The molecule has 2 N–H and O–H groups in total. The maximum Gasteiger partial charge on any atom is 0.209 e. The lowest BCUT2D eigenvalue weighted by Crippen LogP contribution is -2.49. The van der Waals surface area contributed by atoms with Crippen LogP contribution in [0.4, 0.5) is 0 Å². The zero-order valence-electron chi connectivity index (χ0n) is 12.6. The van der Waals surface area contributed by atoms with Gasteiger partial charge in [0, 0.05) is 30.2 Å². The molecule has 1 aromatic carbocycles. The molecule has 0 fully saturated rings. The molecule has 0 unspecified atom stereocenters. The largest absolute Gasteiger partial charge is 0.311 e. The van der Waals surface area contributed by atoms with Crippen molar-refractivity contribution in [2.45, 2.75) is 25.9 Å². The van der Waals surface area contributed by atoms with Crippen molar-refractivity contribution in [1.29, 1.82) is 0 Å². The van der Waals surface area contributed by atoms with E-state index in [1.807, 2.05) is 44.2 Å². The van der Waals surface area contributed by atoms with Crippen LogP contribution < -0.4 is 10.0 Å². The summed E-state index contributed by atoms with van der Waals surface area (Å²) in [6.07, 6.45) is 2.96. The summed E-state index contributed by atoms with van der Waals surface area (Å²) in [4.78, 5) is 4.33. The number of para-hydroxylation sites is 1. The molecular weight excluding hydrogens is 286 g/mol. The van der Waals surface area contributed by atoms with Crippen molar-refractivity contribution in [3.63, 3.8) is 0 Å². The van der Waals surface area contributed by atoms with Crippen molar-refractivity contribution in [1.82, 2.24) is 15.0 Å². The van der Waals surface area contributed by atoms with E-state index in [-0.39, 0.29) is 0 Å². The van der Waals surface area contributed by atoms with Crippen LogP contribution in [0, 0.1) is 0 Å². The summed E-state index contributed by atoms with van der Waals surface area (Å²) in [5.74, 6) is 0. The Morgan fingerprint density at radius 3 is 2.62 bits per heavy atom. The number of pyridine rings is 1. The van der Waals surface area contributed by atoms with E-state index in [4.69, 9.17) is 0 Å². The standard InChI is InChI=1S/C15H21N3O2S/c1-15(2,18-21(3,19)20)11-16-10-12-8-9-17-14-7-5-4-6-13(12)14/h4-9,16,18H,10-11H2,1-3H3. The Morgan fingerprint density at radius 2 is 1.90 bits per heavy atom. The predicted octanol–water partition coefficient (Wildman–Crippen LogP) is 1.65. The van der Waals surface area contributed by atoms with E-state index in [2.05, 4.69) is 15.0 Å². The zero-order chi connectivity index (χ0) is 15.5. The molecule has 0 amide bonds. The molecule has 0 aliphatic rings. The highest BCUT2D eigenvalue weighted by atomic mass is 32.2. The first kappa shape index (κ1) is 15.9. The fourth-order valence-corrected chi connectivity index (χ4v) is 3.43. The van der Waals surface area contributed by atoms with Gasteiger partial charge in [0.25, 0.3) is 0 Å². The molecule has 0 aliphatic heterocycles. The molecule has 1 heterocycles. The highest BCUT2D eigenvalue weighted by molar-refractivity contribution is 7.88. The van der Waals surface area contributed by atoms with Crippen LogP contribution in [0.5, 0.6) is 0 Å². The van der Waals surface area contributed by atoms with E-state index in [0.29, 0.717) is 13.1 Å². The van der Waals surface area contributed by atoms with Gasteiger partial charge < -0.3 is 5.32 Å². The summed E-state index contributed by atoms with van der Waals surface area (Å²) in [7, 11) is -3.21. The number of hydrogen-bond donors (Lipinski definition) is 2. The van der Waals surface area contributed by atoms with Crippen LogP contribution in [0.25, 0.3) is 10.9 Å². The van der Waals surface area contributed by atoms with Crippen molar-refractivity contribution < 1.29 is 8.42 Å². The Balaban J connectivity index is 2.03. The van der Waals surface area contributed by atoms with Crippen molar-refractivity contribution >= 4 is 20.9 Å². The second kappa shape index (κ2) is 6.09. The van der Waals surface area contributed by atoms with E-state index in [1.54, 1.807) is 6.20 Å². The van der Waals surface area contributed by atoms with E-state index >= 15 is 0 Å². The smallest absolute Gasteiger partial charge is 0.209 e. The molecule has 5 nitrogen and oxygen atoms in total. The minimum atomic E-state index is -3.21. The number of sulfonamides is 1. The Labute approximate surface area is 125 Å². The molecule has 21 heavy (non-hydrogen) atoms. The molecule has 0 saturated carbocycles. The maximum atomic E-state index is 11.3. The molecule has 2 rings (SSSR count). The van der Waals surface area contributed by atoms with E-state index in [0.717, 1.165) is 16.5 Å². The molecule has 0 saturated heterocycles. The van der Waals surface area contributed by atoms with E-state index < -0.39 is 15.6 Å². The number of aromatic nitrogens is 1. The van der Waals surface area contributed by atoms with Crippen molar-refractivity contribution in [2.24, 2.45) is 0 Å². The fourth-order valence-electron chi connectivity index (χ4n) is 2.36. The van der Waals surface area contributed by atoms with Gasteiger partial charge in [-0.25, -0.2) is 13.1 Å². The Hall–Kier alpha value is -1.50. The van der Waals surface area contributed by atoms with Crippen LogP contribution in [0.1, 0.15) is 19.4 Å². The quantitative estimate of drug-likeness (QED) is 0.851. The van der Waals surface area contributed by atoms with Crippen molar-refractivity contribution in [3.05, 3.63) is 42.1 Å². The van der Waals surface area contributed by atoms with Crippen LogP contribution in [-0.4, -0.2) is 31.7 Å². The van der Waals surface area contributed by atoms with Gasteiger partial charge in [0.2, 0.25) is 10.0 Å². The van der Waals surface area contributed by atoms with Gasteiger partial charge in [-0.15, -0.1) is 0 Å². The molecular formula is C15H21N3O2S. The van der Waals surface area contributed by atoms with Gasteiger partial charge in [-0.2, -0.15) is 0 Å². The summed E-state index contributed by atoms with van der Waals surface area (Å²) < 4.78 is 25.2. The number of nitrogens with one attached hydrogen (secondary N) is 2. The molecule has 6 heteroatoms. The third kappa shape index (κ3) is 4.77. The molecule has 0 bridgehead atoms. The Bertz CT molecular complexity index is 721. The monoisotopic (exact) mass is 307 g/mol. The summed E-state index contributed by atoms with van der Waals surface area (Å²) >= 11 is 0. The average Bonchev–Trinajstić information content (AvgIpc) is 2.36. The molecule has 1 aromatic heterocycles. The van der Waals surface area contributed by atoms with Crippen LogP contribution >= 0.6 is 0 Å². The SMILES string of the molecule is CC(C)(CNCc1ccnc2ccccc12)NS(C)(=O)=O. The molecule has 2 aromatic rings. The zero-order valence-corrected chi connectivity index (χ0v) is 13.4. The van der Waals surface area contributed by atoms with E-state index in [1.165, 1.54) is 6.26 Å². The second-order valence-electron chi connectivity index (χ2n) is 5.85. The number of rotatable bonds is 6. The van der Waals surface area contributed by atoms with Crippen LogP contribution in [0.15, 0.2) is 36.5 Å². The molecule has 114 valence electrons. The topological polar surface area (TPSA) is 71.1 Å². The summed E-state index contributed by atoms with van der Waals surface area (Å²) in [5, 5.41) is 4.41. The number of fused-ring (bicyclic) bond motifs is 1. The van der Waals surface area contributed by atoms with Crippen LogP contribution in [0.3, 0.4) is 0 Å². The van der Waals surface area contributed by atoms with Gasteiger partial charge in [0.05, 0.1) is 11.8 Å². The lowest BCUT2D eigenvalue weighted by molar-refractivity contribution is 0.421. The number of hydrogen-bond acceptors (Lipinski definition) is 4. The first-order chi connectivity index (χ1) is 9.77. The normalized spacial score (nSPS) is 12.7. The third-order valence-electron chi connectivity index (χ3n) is 3.08. The second-order valence-corrected chi connectivity index (χ2v) is 7.60. The summed E-state index contributed by atoms with van der Waals surface area (Å²) in [6, 6.07) is 9.95. The van der Waals surface area contributed by atoms with Crippen molar-refractivity contribution in [2.75, 3.05) is 12.8 Å². The average molecular weight is 307 g/mol.